The van der Waals surface area contributed by atoms with Gasteiger partial charge >= 0.3 is 0 Å². The molecule has 42 valence electrons. The molecule has 0 amide bonds. The van der Waals surface area contributed by atoms with Gasteiger partial charge in [-0.05, 0) is 18.6 Å². The van der Waals surface area contributed by atoms with Gasteiger partial charge in [-0.1, -0.05) is 19.1 Å². The second-order valence-corrected chi connectivity index (χ2v) is 1.78. The fourth-order valence-electron chi connectivity index (χ4n) is 0.353. The van der Waals surface area contributed by atoms with Crippen molar-refractivity contribution in [3.8, 4) is 0 Å². The zero-order valence-corrected chi connectivity index (χ0v) is 5.50. The summed E-state index contributed by atoms with van der Waals surface area (Å²) in [4.78, 5) is 0. The van der Waals surface area contributed by atoms with E-state index in [0.717, 1.165) is 31.1 Å². The summed E-state index contributed by atoms with van der Waals surface area (Å²) in [5.41, 5.74) is 0. The van der Waals surface area contributed by atoms with E-state index >= 15 is 0 Å². The van der Waals surface area contributed by atoms with Gasteiger partial charge in [0, 0.05) is 0 Å². The fourth-order valence-corrected chi connectivity index (χ4v) is 0.489. The van der Waals surface area contributed by atoms with E-state index in [1.165, 1.54) is 0 Å². The van der Waals surface area contributed by atoms with Crippen LogP contribution in [-0.2, 0) is 0 Å². The molecule has 0 aromatic carbocycles. The fraction of sp³-hybridized carbons (Fsp3) is 0.667. The van der Waals surface area contributed by atoms with Gasteiger partial charge in [-0.2, -0.15) is 12.5 Å². The molecular formula is C6H12S. The van der Waals surface area contributed by atoms with Gasteiger partial charge in [-0.25, -0.2) is 0 Å². The third-order valence-electron chi connectivity index (χ3n) is 0.687. The molecule has 1 heteroatoms. The number of hydrogen-bond acceptors (Lipinski definition) is 1. The predicted octanol–water partition coefficient (Wildman–Crippen LogP) is 2.27. The van der Waals surface area contributed by atoms with E-state index < -0.39 is 0 Å². The molecule has 0 aliphatic rings. The standard InChI is InChI=1S/C6H12S/c1-2-3-4-5-6-7/h3-4,7H,2,5-6H2,1H3/b4-3-/i/hT. The summed E-state index contributed by atoms with van der Waals surface area (Å²) in [6.07, 6.45) is 6.42. The molecule has 0 rings (SSSR count). The van der Waals surface area contributed by atoms with Crippen LogP contribution in [0.15, 0.2) is 12.2 Å². The summed E-state index contributed by atoms with van der Waals surface area (Å²) in [5.74, 6) is 0.927. The Morgan fingerprint density at radius 2 is 2.57 bits per heavy atom. The topological polar surface area (TPSA) is 0 Å². The summed E-state index contributed by atoms with van der Waals surface area (Å²) in [7, 11) is 0. The number of allylic oxidation sites excluding steroid dienone is 2. The second-order valence-electron chi connectivity index (χ2n) is 1.37. The van der Waals surface area contributed by atoms with Crippen molar-refractivity contribution >= 4 is 12.5 Å². The molecule has 0 aromatic heterocycles. The summed E-state index contributed by atoms with van der Waals surface area (Å²) in [5, 5.41) is 0. The minimum absolute atomic E-state index is 0.927. The van der Waals surface area contributed by atoms with Gasteiger partial charge in [0.05, 0.1) is 0 Å². The van der Waals surface area contributed by atoms with Crippen LogP contribution in [0.3, 0.4) is 0 Å². The third kappa shape index (κ3) is 6.09. The molecule has 0 saturated carbocycles. The second kappa shape index (κ2) is 6.09. The average molecular weight is 118 g/mol. The quantitative estimate of drug-likeness (QED) is 0.327. The van der Waals surface area contributed by atoms with E-state index in [4.69, 9.17) is 1.12 Å². The molecule has 0 unspecified atom stereocenters. The predicted molar refractivity (Wildman–Crippen MR) is 37.9 cm³/mol. The molecule has 0 nitrogen and oxygen atoms in total. The molecule has 0 aliphatic heterocycles. The molecule has 0 atom stereocenters. The molecule has 0 fully saturated rings. The minimum Gasteiger partial charge on any atom is -0.179 e. The highest BCUT2D eigenvalue weighted by atomic mass is 32.1. The molecule has 0 N–H and O–H groups in total. The molecule has 0 radical (unpaired) electrons. The first-order valence-corrected chi connectivity index (χ1v) is 3.22. The maximum Gasteiger partial charge on any atom is 0.102 e. The van der Waals surface area contributed by atoms with Crippen LogP contribution in [-0.4, -0.2) is 6.88 Å². The zero-order chi connectivity index (χ0) is 6.24. The van der Waals surface area contributed by atoms with E-state index in [2.05, 4.69) is 19.1 Å². The van der Waals surface area contributed by atoms with Crippen molar-refractivity contribution in [2.75, 3.05) is 5.75 Å². The third-order valence-corrected chi connectivity index (χ3v) is 0.923. The Bertz CT molecular complexity index is 61.5. The van der Waals surface area contributed by atoms with Gasteiger partial charge in [0.25, 0.3) is 0 Å². The molecule has 0 heterocycles. The molecule has 7 heavy (non-hydrogen) atoms. The van der Waals surface area contributed by atoms with Crippen molar-refractivity contribution in [2.24, 2.45) is 0 Å². The average Bonchev–Trinajstić information content (AvgIpc) is 1.81. The SMILES string of the molecule is [3H]SCC/C=C\CC. The lowest BCUT2D eigenvalue weighted by Crippen LogP contribution is -1.64. The first-order chi connectivity index (χ1) is 3.91. The molecule has 0 aromatic rings. The van der Waals surface area contributed by atoms with Crippen LogP contribution in [0.5, 0.6) is 0 Å². The minimum atomic E-state index is 0.927. The van der Waals surface area contributed by atoms with Crippen molar-refractivity contribution < 1.29 is 0 Å². The van der Waals surface area contributed by atoms with Crippen LogP contribution < -0.4 is 0 Å². The highest BCUT2D eigenvalue weighted by Gasteiger charge is 1.68. The first-order valence-electron chi connectivity index (χ1n) is 3.05. The summed E-state index contributed by atoms with van der Waals surface area (Å²) >= 11 is 1.15. The Balaban J connectivity index is 2.80. The van der Waals surface area contributed by atoms with Gasteiger partial charge < -0.3 is 0 Å². The Kier molecular flexibility index (Phi) is 4.55. The molecular weight excluding hydrogens is 104 g/mol. The van der Waals surface area contributed by atoms with Crippen molar-refractivity contribution in [2.45, 2.75) is 19.8 Å². The van der Waals surface area contributed by atoms with Gasteiger partial charge in [0.2, 0.25) is 0 Å². The van der Waals surface area contributed by atoms with E-state index in [-0.39, 0.29) is 0 Å². The van der Waals surface area contributed by atoms with Crippen molar-refractivity contribution in [1.29, 1.82) is 1.12 Å². The number of rotatable bonds is 4. The monoisotopic (exact) mass is 118 g/mol. The van der Waals surface area contributed by atoms with Crippen LogP contribution in [0.2, 0.25) is 0 Å². The maximum absolute atomic E-state index is 6.72. The van der Waals surface area contributed by atoms with E-state index in [0.29, 0.717) is 0 Å². The normalized spacial score (nSPS) is 12.4. The zero-order valence-electron chi connectivity index (χ0n) is 5.68. The Hall–Kier alpha value is 0.0900. The van der Waals surface area contributed by atoms with Crippen molar-refractivity contribution in [1.82, 2.24) is 0 Å². The smallest absolute Gasteiger partial charge is 0.102 e. The van der Waals surface area contributed by atoms with Gasteiger partial charge in [0.1, 0.15) is 1.12 Å². The lowest BCUT2D eigenvalue weighted by molar-refractivity contribution is 1.17. The van der Waals surface area contributed by atoms with Crippen LogP contribution in [0.1, 0.15) is 19.8 Å². The lowest BCUT2D eigenvalue weighted by atomic mass is 10.4. The number of hydrogen-bond donors (Lipinski definition) is 1. The van der Waals surface area contributed by atoms with Crippen LogP contribution >= 0.6 is 12.5 Å². The van der Waals surface area contributed by atoms with Crippen LogP contribution in [0, 0.1) is 0 Å². The maximum atomic E-state index is 6.72. The Morgan fingerprint density at radius 1 is 1.71 bits per heavy atom. The molecule has 0 saturated heterocycles. The van der Waals surface area contributed by atoms with Crippen molar-refractivity contribution in [3.05, 3.63) is 12.2 Å². The Morgan fingerprint density at radius 3 is 3.14 bits per heavy atom. The van der Waals surface area contributed by atoms with Gasteiger partial charge in [-0.3, -0.25) is 0 Å². The first kappa shape index (κ1) is 5.23. The van der Waals surface area contributed by atoms with E-state index in [9.17, 15) is 0 Å². The van der Waals surface area contributed by atoms with Crippen LogP contribution in [0.4, 0.5) is 0 Å². The summed E-state index contributed by atoms with van der Waals surface area (Å²) in [6.45, 7) is 2.12. The highest BCUT2D eigenvalue weighted by molar-refractivity contribution is 7.80. The van der Waals surface area contributed by atoms with Gasteiger partial charge in [0.15, 0.2) is 0 Å². The molecule has 0 spiro atoms. The van der Waals surface area contributed by atoms with Gasteiger partial charge in [-0.15, -0.1) is 0 Å². The molecule has 0 bridgehead atoms. The summed E-state index contributed by atoms with van der Waals surface area (Å²) < 4.78 is 6.72. The van der Waals surface area contributed by atoms with E-state index in [1.54, 1.807) is 0 Å². The van der Waals surface area contributed by atoms with Crippen molar-refractivity contribution in [3.63, 3.8) is 0 Å². The highest BCUT2D eigenvalue weighted by Crippen LogP contribution is 1.86. The summed E-state index contributed by atoms with van der Waals surface area (Å²) in [6, 6.07) is 0. The Labute approximate surface area is 52.1 Å². The lowest BCUT2D eigenvalue weighted by Gasteiger charge is -1.79. The number of thiol groups is 1. The molecule has 0 aliphatic carbocycles. The van der Waals surface area contributed by atoms with E-state index in [1.807, 2.05) is 0 Å². The van der Waals surface area contributed by atoms with Crippen LogP contribution in [0.25, 0.3) is 0 Å². The largest absolute Gasteiger partial charge is 0.179 e.